The van der Waals surface area contributed by atoms with Crippen LogP contribution in [0.2, 0.25) is 0 Å². The molecule has 3 aromatic rings. The number of imide groups is 1. The van der Waals surface area contributed by atoms with Gasteiger partial charge in [0.15, 0.2) is 5.17 Å². The minimum atomic E-state index is -0.689. The number of thioether (sulfide) groups is 1. The van der Waals surface area contributed by atoms with Gasteiger partial charge in [0.05, 0.1) is 24.6 Å². The van der Waals surface area contributed by atoms with Crippen LogP contribution < -0.4 is 9.64 Å². The van der Waals surface area contributed by atoms with E-state index in [2.05, 4.69) is 15.9 Å². The van der Waals surface area contributed by atoms with Crippen LogP contribution in [-0.4, -0.2) is 40.1 Å². The molecule has 0 bridgehead atoms. The number of nitrogens with one attached hydrogen (secondary N) is 1. The molecule has 2 aliphatic rings. The van der Waals surface area contributed by atoms with Crippen LogP contribution in [-0.2, 0) is 9.59 Å². The number of anilines is 1. The Bertz CT molecular complexity index is 1370. The lowest BCUT2D eigenvalue weighted by Gasteiger charge is -2.24. The Hall–Kier alpha value is -3.43. The Morgan fingerprint density at radius 2 is 1.68 bits per heavy atom. The summed E-state index contributed by atoms with van der Waals surface area (Å²) in [7, 11) is 1.56. The summed E-state index contributed by atoms with van der Waals surface area (Å²) in [5, 5.41) is 14.9. The first-order chi connectivity index (χ1) is 17.8. The summed E-state index contributed by atoms with van der Waals surface area (Å²) in [6.07, 6.45) is 0.659. The van der Waals surface area contributed by atoms with Crippen molar-refractivity contribution in [3.63, 3.8) is 0 Å². The van der Waals surface area contributed by atoms with Crippen molar-refractivity contribution in [2.45, 2.75) is 31.1 Å². The van der Waals surface area contributed by atoms with Gasteiger partial charge in [-0.15, -0.1) is 0 Å². The van der Waals surface area contributed by atoms with Gasteiger partial charge in [-0.05, 0) is 54.4 Å². The summed E-state index contributed by atoms with van der Waals surface area (Å²) >= 11 is 4.57. The van der Waals surface area contributed by atoms with Crippen molar-refractivity contribution < 1.29 is 14.3 Å². The molecule has 37 heavy (non-hydrogen) atoms. The van der Waals surface area contributed by atoms with Gasteiger partial charge in [-0.2, -0.15) is 5.10 Å². The monoisotopic (exact) mass is 576 g/mol. The first kappa shape index (κ1) is 25.2. The van der Waals surface area contributed by atoms with Crippen LogP contribution in [0.1, 0.15) is 35.6 Å². The maximum Gasteiger partial charge on any atom is 0.247 e. The highest BCUT2D eigenvalue weighted by molar-refractivity contribution is 9.10. The highest BCUT2D eigenvalue weighted by Gasteiger charge is 2.42. The largest absolute Gasteiger partial charge is 0.497 e. The van der Waals surface area contributed by atoms with E-state index in [4.69, 9.17) is 15.2 Å². The highest BCUT2D eigenvalue weighted by atomic mass is 79.9. The zero-order valence-corrected chi connectivity index (χ0v) is 22.8. The van der Waals surface area contributed by atoms with Crippen LogP contribution in [0.25, 0.3) is 0 Å². The predicted molar refractivity (Wildman–Crippen MR) is 150 cm³/mol. The molecule has 0 spiro atoms. The second-order valence-corrected chi connectivity index (χ2v) is 11.0. The molecule has 5 rings (SSSR count). The number of benzene rings is 3. The number of aryl methyl sites for hydroxylation is 1. The summed E-state index contributed by atoms with van der Waals surface area (Å²) in [5.41, 5.74) is 4.57. The van der Waals surface area contributed by atoms with E-state index in [0.717, 1.165) is 38.6 Å². The molecule has 0 aliphatic carbocycles. The number of nitrogens with zero attached hydrogens (tertiary/aromatic N) is 3. The molecule has 2 atom stereocenters. The van der Waals surface area contributed by atoms with E-state index in [9.17, 15) is 9.59 Å². The van der Waals surface area contributed by atoms with E-state index in [1.807, 2.05) is 55.5 Å². The Labute approximate surface area is 228 Å². The first-order valence-corrected chi connectivity index (χ1v) is 13.5. The fraction of sp³-hybridized carbons (Fsp3) is 0.214. The van der Waals surface area contributed by atoms with E-state index in [0.29, 0.717) is 17.9 Å². The van der Waals surface area contributed by atoms with E-state index in [1.165, 1.54) is 4.90 Å². The molecule has 2 heterocycles. The smallest absolute Gasteiger partial charge is 0.247 e. The lowest BCUT2D eigenvalue weighted by Crippen LogP contribution is -2.32. The van der Waals surface area contributed by atoms with Gasteiger partial charge in [0.2, 0.25) is 11.8 Å². The first-order valence-electron chi connectivity index (χ1n) is 11.8. The summed E-state index contributed by atoms with van der Waals surface area (Å²) in [6, 6.07) is 22.8. The summed E-state index contributed by atoms with van der Waals surface area (Å²) in [5.74, 6) is 0.0352. The maximum absolute atomic E-state index is 13.2. The topological polar surface area (TPSA) is 86.1 Å². The van der Waals surface area contributed by atoms with Gasteiger partial charge in [0.25, 0.3) is 0 Å². The van der Waals surface area contributed by atoms with Crippen LogP contribution in [0.5, 0.6) is 5.75 Å². The second-order valence-electron chi connectivity index (χ2n) is 8.91. The molecule has 1 N–H and O–H groups in total. The van der Waals surface area contributed by atoms with Crippen molar-refractivity contribution in [2.24, 2.45) is 5.10 Å². The minimum Gasteiger partial charge on any atom is -0.497 e. The van der Waals surface area contributed by atoms with Crippen LogP contribution in [0.4, 0.5) is 5.69 Å². The molecule has 1 saturated heterocycles. The zero-order chi connectivity index (χ0) is 26.1. The molecule has 0 radical (unpaired) electrons. The van der Waals surface area contributed by atoms with Crippen molar-refractivity contribution in [1.82, 2.24) is 5.01 Å². The highest BCUT2D eigenvalue weighted by Crippen LogP contribution is 2.38. The van der Waals surface area contributed by atoms with Crippen molar-refractivity contribution in [3.8, 4) is 5.75 Å². The molecule has 2 aliphatic heterocycles. The normalized spacial score (nSPS) is 19.4. The van der Waals surface area contributed by atoms with Gasteiger partial charge < -0.3 is 4.74 Å². The Morgan fingerprint density at radius 1 is 1.00 bits per heavy atom. The number of hydrogen-bond acceptors (Lipinski definition) is 6. The van der Waals surface area contributed by atoms with Gasteiger partial charge in [0, 0.05) is 17.3 Å². The zero-order valence-electron chi connectivity index (χ0n) is 20.3. The number of rotatable bonds is 5. The molecule has 7 nitrogen and oxygen atoms in total. The molecular weight excluding hydrogens is 552 g/mol. The van der Waals surface area contributed by atoms with Gasteiger partial charge in [0.1, 0.15) is 11.0 Å². The maximum atomic E-state index is 13.2. The molecule has 0 unspecified atom stereocenters. The molecule has 1 fully saturated rings. The van der Waals surface area contributed by atoms with Gasteiger partial charge >= 0.3 is 0 Å². The Morgan fingerprint density at radius 3 is 2.32 bits per heavy atom. The second kappa shape index (κ2) is 10.5. The third-order valence-corrected chi connectivity index (χ3v) is 8.04. The molecule has 188 valence electrons. The quantitative estimate of drug-likeness (QED) is 0.231. The standard InChI is InChI=1S/C28H25BrN4O3S/c1-17-3-5-18(6-4-17)23-15-24(19-7-9-20(29)10-8-19)33(31-23)28(30)37-25-16-26(34)32(27(25)35)21-11-13-22(36-2)14-12-21/h3-14,24-25,30H,15-16H2,1-2H3/t24-,25+/m0/s1. The summed E-state index contributed by atoms with van der Waals surface area (Å²) < 4.78 is 6.15. The van der Waals surface area contributed by atoms with Gasteiger partial charge in [-0.25, -0.2) is 9.91 Å². The summed E-state index contributed by atoms with van der Waals surface area (Å²) in [6.45, 7) is 2.04. The van der Waals surface area contributed by atoms with Crippen LogP contribution >= 0.6 is 27.7 Å². The third kappa shape index (κ3) is 5.19. The molecule has 3 aromatic carbocycles. The average Bonchev–Trinajstić information content (AvgIpc) is 3.46. The van der Waals surface area contributed by atoms with Crippen molar-refractivity contribution >= 4 is 56.1 Å². The number of carbonyl (C=O) groups is 2. The molecule has 2 amide bonds. The van der Waals surface area contributed by atoms with Crippen LogP contribution in [0.3, 0.4) is 0 Å². The van der Waals surface area contributed by atoms with Crippen molar-refractivity contribution in [1.29, 1.82) is 5.41 Å². The third-order valence-electron chi connectivity index (χ3n) is 6.45. The molecule has 0 saturated carbocycles. The van der Waals surface area contributed by atoms with Crippen molar-refractivity contribution in [3.05, 3.63) is 94.0 Å². The molecular formula is C28H25BrN4O3S. The molecule has 0 aromatic heterocycles. The SMILES string of the molecule is COc1ccc(N2C(=O)C[C@@H](SC(=N)N3N=C(c4ccc(C)cc4)C[C@H]3c3ccc(Br)cc3)C2=O)cc1. The number of amides is 2. The molecule has 9 heteroatoms. The van der Waals surface area contributed by atoms with Gasteiger partial charge in [-0.3, -0.25) is 15.0 Å². The number of ether oxygens (including phenoxy) is 1. The number of methoxy groups -OCH3 is 1. The fourth-order valence-electron chi connectivity index (χ4n) is 4.45. The number of hydrazone groups is 1. The lowest BCUT2D eigenvalue weighted by atomic mass is 9.98. The number of halogens is 1. The fourth-order valence-corrected chi connectivity index (χ4v) is 5.69. The number of carbonyl (C=O) groups excluding carboxylic acids is 2. The summed E-state index contributed by atoms with van der Waals surface area (Å²) in [4.78, 5) is 27.2. The lowest BCUT2D eigenvalue weighted by molar-refractivity contribution is -0.121. The van der Waals surface area contributed by atoms with Crippen LogP contribution in [0, 0.1) is 12.3 Å². The Balaban J connectivity index is 1.38. The van der Waals surface area contributed by atoms with Crippen LogP contribution in [0.15, 0.2) is 82.4 Å². The van der Waals surface area contributed by atoms with Crippen molar-refractivity contribution in [2.75, 3.05) is 12.0 Å². The number of hydrogen-bond donors (Lipinski definition) is 1. The number of amidine groups is 1. The van der Waals surface area contributed by atoms with E-state index in [-0.39, 0.29) is 29.4 Å². The average molecular weight is 578 g/mol. The Kier molecular flexibility index (Phi) is 7.17. The van der Waals surface area contributed by atoms with Gasteiger partial charge in [-0.1, -0.05) is 69.7 Å². The predicted octanol–water partition coefficient (Wildman–Crippen LogP) is 5.92. The van der Waals surface area contributed by atoms with E-state index in [1.54, 1.807) is 36.4 Å². The minimum absolute atomic E-state index is 0.0310. The van der Waals surface area contributed by atoms with E-state index >= 15 is 0 Å². The van der Waals surface area contributed by atoms with E-state index < -0.39 is 5.25 Å².